The van der Waals surface area contributed by atoms with Gasteiger partial charge < -0.3 is 5.32 Å². The van der Waals surface area contributed by atoms with Gasteiger partial charge in [0.25, 0.3) is 0 Å². The Bertz CT molecular complexity index is 348. The van der Waals surface area contributed by atoms with Crippen LogP contribution in [0.3, 0.4) is 0 Å². The van der Waals surface area contributed by atoms with Crippen LogP contribution < -0.4 is 5.32 Å². The van der Waals surface area contributed by atoms with Crippen molar-refractivity contribution in [1.82, 2.24) is 5.32 Å². The van der Waals surface area contributed by atoms with Crippen molar-refractivity contribution in [3.8, 4) is 0 Å². The van der Waals surface area contributed by atoms with Gasteiger partial charge in [-0.05, 0) is 49.4 Å². The molecule has 2 heteroatoms. The monoisotopic (exact) mass is 297 g/mol. The first kappa shape index (κ1) is 14.7. The Hall–Kier alpha value is -0.340. The first-order chi connectivity index (χ1) is 7.97. The molecule has 0 saturated heterocycles. The minimum atomic E-state index is 0.459. The van der Waals surface area contributed by atoms with Crippen LogP contribution in [0.1, 0.15) is 49.9 Å². The lowest BCUT2D eigenvalue weighted by molar-refractivity contribution is 0.412. The standard InChI is InChI=1S/C15H24BrN/c1-6-7-17-15(10(2)3)13-8-11(4)14(16)12(5)9-13/h8-10,15,17H,6-7H2,1-5H3. The molecular weight excluding hydrogens is 274 g/mol. The Kier molecular flexibility index (Phi) is 5.68. The highest BCUT2D eigenvalue weighted by Crippen LogP contribution is 2.28. The molecule has 1 rings (SSSR count). The van der Waals surface area contributed by atoms with E-state index in [2.05, 4.69) is 68.0 Å². The molecule has 17 heavy (non-hydrogen) atoms. The van der Waals surface area contributed by atoms with Crippen molar-refractivity contribution in [3.63, 3.8) is 0 Å². The molecule has 0 aliphatic heterocycles. The van der Waals surface area contributed by atoms with Gasteiger partial charge in [0.15, 0.2) is 0 Å². The number of benzene rings is 1. The number of nitrogens with one attached hydrogen (secondary N) is 1. The van der Waals surface area contributed by atoms with Gasteiger partial charge in [-0.25, -0.2) is 0 Å². The lowest BCUT2D eigenvalue weighted by atomic mass is 9.93. The Morgan fingerprint density at radius 1 is 1.18 bits per heavy atom. The van der Waals surface area contributed by atoms with Gasteiger partial charge in [0.1, 0.15) is 0 Å². The third-order valence-corrected chi connectivity index (χ3v) is 4.35. The normalized spacial score (nSPS) is 13.1. The summed E-state index contributed by atoms with van der Waals surface area (Å²) in [5, 5.41) is 3.64. The summed E-state index contributed by atoms with van der Waals surface area (Å²) in [6.07, 6.45) is 1.18. The van der Waals surface area contributed by atoms with Crippen LogP contribution in [0.5, 0.6) is 0 Å². The average molecular weight is 298 g/mol. The van der Waals surface area contributed by atoms with E-state index in [0.717, 1.165) is 6.54 Å². The summed E-state index contributed by atoms with van der Waals surface area (Å²) in [7, 11) is 0. The van der Waals surface area contributed by atoms with E-state index in [0.29, 0.717) is 12.0 Å². The van der Waals surface area contributed by atoms with Crippen LogP contribution in [0, 0.1) is 19.8 Å². The third-order valence-electron chi connectivity index (χ3n) is 3.10. The van der Waals surface area contributed by atoms with Crippen LogP contribution in [0.2, 0.25) is 0 Å². The zero-order chi connectivity index (χ0) is 13.0. The fourth-order valence-corrected chi connectivity index (χ4v) is 2.43. The van der Waals surface area contributed by atoms with Crippen molar-refractivity contribution in [1.29, 1.82) is 0 Å². The zero-order valence-electron chi connectivity index (χ0n) is 11.6. The maximum atomic E-state index is 3.64. The van der Waals surface area contributed by atoms with E-state index < -0.39 is 0 Å². The van der Waals surface area contributed by atoms with Crippen molar-refractivity contribution >= 4 is 15.9 Å². The van der Waals surface area contributed by atoms with Crippen LogP contribution in [-0.2, 0) is 0 Å². The number of aryl methyl sites for hydroxylation is 2. The summed E-state index contributed by atoms with van der Waals surface area (Å²) >= 11 is 3.63. The first-order valence-corrected chi connectivity index (χ1v) is 7.26. The summed E-state index contributed by atoms with van der Waals surface area (Å²) in [6, 6.07) is 5.05. The molecule has 1 aromatic rings. The maximum Gasteiger partial charge on any atom is 0.0343 e. The number of hydrogen-bond acceptors (Lipinski definition) is 1. The quantitative estimate of drug-likeness (QED) is 0.826. The first-order valence-electron chi connectivity index (χ1n) is 6.47. The van der Waals surface area contributed by atoms with E-state index in [9.17, 15) is 0 Å². The van der Waals surface area contributed by atoms with E-state index in [1.54, 1.807) is 0 Å². The largest absolute Gasteiger partial charge is 0.310 e. The predicted molar refractivity (Wildman–Crippen MR) is 79.5 cm³/mol. The van der Waals surface area contributed by atoms with Gasteiger partial charge in [-0.1, -0.05) is 48.8 Å². The lowest BCUT2D eigenvalue weighted by Crippen LogP contribution is -2.26. The van der Waals surface area contributed by atoms with Crippen molar-refractivity contribution in [2.24, 2.45) is 5.92 Å². The van der Waals surface area contributed by atoms with E-state index in [-0.39, 0.29) is 0 Å². The van der Waals surface area contributed by atoms with Gasteiger partial charge in [0, 0.05) is 10.5 Å². The molecule has 0 bridgehead atoms. The van der Waals surface area contributed by atoms with Crippen LogP contribution >= 0.6 is 15.9 Å². The predicted octanol–water partition coefficient (Wildman–Crippen LogP) is 4.76. The molecular formula is C15H24BrN. The zero-order valence-corrected chi connectivity index (χ0v) is 13.2. The molecule has 1 N–H and O–H groups in total. The van der Waals surface area contributed by atoms with E-state index in [1.807, 2.05) is 0 Å². The molecule has 1 nitrogen and oxygen atoms in total. The summed E-state index contributed by atoms with van der Waals surface area (Å²) < 4.78 is 1.24. The second-order valence-corrected chi connectivity index (χ2v) is 5.94. The molecule has 1 atom stereocenters. The molecule has 1 aromatic carbocycles. The molecule has 0 heterocycles. The second kappa shape index (κ2) is 6.55. The molecule has 0 spiro atoms. The highest BCUT2D eigenvalue weighted by Gasteiger charge is 2.16. The topological polar surface area (TPSA) is 12.0 Å². The van der Waals surface area contributed by atoms with Gasteiger partial charge >= 0.3 is 0 Å². The molecule has 96 valence electrons. The number of halogens is 1. The van der Waals surface area contributed by atoms with Gasteiger partial charge in [0.05, 0.1) is 0 Å². The van der Waals surface area contributed by atoms with Crippen molar-refractivity contribution in [2.45, 2.75) is 47.1 Å². The molecule has 0 saturated carbocycles. The molecule has 0 aromatic heterocycles. The number of rotatable bonds is 5. The SMILES string of the molecule is CCCNC(c1cc(C)c(Br)c(C)c1)C(C)C. The highest BCUT2D eigenvalue weighted by molar-refractivity contribution is 9.10. The Labute approximate surface area is 114 Å². The highest BCUT2D eigenvalue weighted by atomic mass is 79.9. The summed E-state index contributed by atoms with van der Waals surface area (Å²) in [6.45, 7) is 12.2. The van der Waals surface area contributed by atoms with Crippen molar-refractivity contribution in [3.05, 3.63) is 33.3 Å². The molecule has 1 unspecified atom stereocenters. The van der Waals surface area contributed by atoms with Gasteiger partial charge in [-0.3, -0.25) is 0 Å². The Morgan fingerprint density at radius 3 is 2.12 bits per heavy atom. The molecule has 0 aliphatic carbocycles. The van der Waals surface area contributed by atoms with E-state index in [1.165, 1.54) is 27.6 Å². The Balaban J connectivity index is 3.02. The molecule has 0 fully saturated rings. The minimum absolute atomic E-state index is 0.459. The maximum absolute atomic E-state index is 3.64. The van der Waals surface area contributed by atoms with E-state index in [4.69, 9.17) is 0 Å². The summed E-state index contributed by atoms with van der Waals surface area (Å²) in [5.41, 5.74) is 4.06. The fraction of sp³-hybridized carbons (Fsp3) is 0.600. The van der Waals surface area contributed by atoms with Gasteiger partial charge in [-0.2, -0.15) is 0 Å². The van der Waals surface area contributed by atoms with Gasteiger partial charge in [-0.15, -0.1) is 0 Å². The van der Waals surface area contributed by atoms with Crippen molar-refractivity contribution < 1.29 is 0 Å². The molecule has 0 aliphatic rings. The second-order valence-electron chi connectivity index (χ2n) is 5.14. The molecule has 0 radical (unpaired) electrons. The van der Waals surface area contributed by atoms with Crippen molar-refractivity contribution in [2.75, 3.05) is 6.54 Å². The minimum Gasteiger partial charge on any atom is -0.310 e. The van der Waals surface area contributed by atoms with Crippen LogP contribution in [0.25, 0.3) is 0 Å². The summed E-state index contributed by atoms with van der Waals surface area (Å²) in [4.78, 5) is 0. The smallest absolute Gasteiger partial charge is 0.0343 e. The lowest BCUT2D eigenvalue weighted by Gasteiger charge is -2.24. The van der Waals surface area contributed by atoms with Crippen LogP contribution in [0.4, 0.5) is 0 Å². The van der Waals surface area contributed by atoms with Crippen LogP contribution in [-0.4, -0.2) is 6.54 Å². The Morgan fingerprint density at radius 2 is 1.71 bits per heavy atom. The molecule has 0 amide bonds. The van der Waals surface area contributed by atoms with E-state index >= 15 is 0 Å². The van der Waals surface area contributed by atoms with Gasteiger partial charge in [0.2, 0.25) is 0 Å². The summed E-state index contributed by atoms with van der Waals surface area (Å²) in [5.74, 6) is 0.613. The third kappa shape index (κ3) is 3.82. The number of hydrogen-bond donors (Lipinski definition) is 1. The average Bonchev–Trinajstić information content (AvgIpc) is 2.25. The van der Waals surface area contributed by atoms with Crippen LogP contribution in [0.15, 0.2) is 16.6 Å². The fourth-order valence-electron chi connectivity index (χ4n) is 2.20.